The Morgan fingerprint density at radius 3 is 2.52 bits per heavy atom. The standard InChI is InChI=1S/C19H14FN2O3/c20-15-8-4-5-9-18(15)25-19(24)16-12-22(11-10-21-16)13-17(23)14-6-2-1-3-7-14/h1-12H,13H2/q+1. The molecule has 0 atom stereocenters. The van der Waals surface area contributed by atoms with Crippen LogP contribution in [0.1, 0.15) is 20.8 Å². The SMILES string of the molecule is O=C(C[n+]1ccnc(C(=O)Oc2ccccc2F)c1)c1ccccc1. The van der Waals surface area contributed by atoms with Crippen molar-refractivity contribution in [1.29, 1.82) is 0 Å². The monoisotopic (exact) mass is 337 g/mol. The van der Waals surface area contributed by atoms with Crippen molar-refractivity contribution in [2.24, 2.45) is 0 Å². The molecule has 1 heterocycles. The highest BCUT2D eigenvalue weighted by Gasteiger charge is 2.18. The Morgan fingerprint density at radius 1 is 1.04 bits per heavy atom. The number of esters is 1. The summed E-state index contributed by atoms with van der Waals surface area (Å²) in [4.78, 5) is 28.3. The van der Waals surface area contributed by atoms with E-state index in [-0.39, 0.29) is 23.8 Å². The Morgan fingerprint density at radius 2 is 1.76 bits per heavy atom. The molecular formula is C19H14FN2O3+. The molecular weight excluding hydrogens is 323 g/mol. The molecule has 0 aliphatic carbocycles. The van der Waals surface area contributed by atoms with E-state index < -0.39 is 11.8 Å². The Labute approximate surface area is 143 Å². The van der Waals surface area contributed by atoms with E-state index in [4.69, 9.17) is 4.74 Å². The molecule has 124 valence electrons. The molecule has 5 nitrogen and oxygen atoms in total. The molecule has 3 rings (SSSR count). The number of rotatable bonds is 5. The summed E-state index contributed by atoms with van der Waals surface area (Å²) in [6.07, 6.45) is 4.35. The molecule has 0 bridgehead atoms. The molecule has 0 saturated carbocycles. The van der Waals surface area contributed by atoms with Gasteiger partial charge in [0.05, 0.1) is 6.20 Å². The molecule has 0 radical (unpaired) electrons. The van der Waals surface area contributed by atoms with Gasteiger partial charge in [0.15, 0.2) is 17.8 Å². The van der Waals surface area contributed by atoms with Gasteiger partial charge in [0.2, 0.25) is 24.2 Å². The van der Waals surface area contributed by atoms with Crippen molar-refractivity contribution < 1.29 is 23.3 Å². The van der Waals surface area contributed by atoms with E-state index in [0.29, 0.717) is 5.56 Å². The smallest absolute Gasteiger partial charge is 0.368 e. The van der Waals surface area contributed by atoms with Crippen molar-refractivity contribution in [2.75, 3.05) is 0 Å². The normalized spacial score (nSPS) is 10.3. The van der Waals surface area contributed by atoms with Gasteiger partial charge >= 0.3 is 5.97 Å². The van der Waals surface area contributed by atoms with E-state index in [1.54, 1.807) is 36.5 Å². The number of aromatic nitrogens is 2. The van der Waals surface area contributed by atoms with Gasteiger partial charge in [0.1, 0.15) is 0 Å². The van der Waals surface area contributed by atoms with Gasteiger partial charge in [0, 0.05) is 5.56 Å². The molecule has 25 heavy (non-hydrogen) atoms. The summed E-state index contributed by atoms with van der Waals surface area (Å²) in [7, 11) is 0. The summed E-state index contributed by atoms with van der Waals surface area (Å²) in [6.45, 7) is 0.0481. The van der Waals surface area contributed by atoms with Gasteiger partial charge in [-0.15, -0.1) is 0 Å². The van der Waals surface area contributed by atoms with Crippen molar-refractivity contribution in [3.05, 3.63) is 90.3 Å². The fourth-order valence-electron chi connectivity index (χ4n) is 2.20. The van der Waals surface area contributed by atoms with Gasteiger partial charge in [-0.2, -0.15) is 4.57 Å². The van der Waals surface area contributed by atoms with Crippen LogP contribution >= 0.6 is 0 Å². The predicted octanol–water partition coefficient (Wildman–Crippen LogP) is 2.61. The van der Waals surface area contributed by atoms with Gasteiger partial charge < -0.3 is 4.74 Å². The lowest BCUT2D eigenvalue weighted by Crippen LogP contribution is -2.38. The van der Waals surface area contributed by atoms with Crippen LogP contribution in [0.5, 0.6) is 5.75 Å². The van der Waals surface area contributed by atoms with Gasteiger partial charge in [-0.1, -0.05) is 42.5 Å². The second-order valence-electron chi connectivity index (χ2n) is 5.22. The number of carbonyl (C=O) groups is 2. The lowest BCUT2D eigenvalue weighted by Gasteiger charge is -2.04. The zero-order chi connectivity index (χ0) is 17.6. The molecule has 0 N–H and O–H groups in total. The first-order valence-electron chi connectivity index (χ1n) is 7.53. The molecule has 0 unspecified atom stereocenters. The van der Waals surface area contributed by atoms with Crippen LogP contribution < -0.4 is 9.30 Å². The molecule has 2 aromatic carbocycles. The fraction of sp³-hybridized carbons (Fsp3) is 0.0526. The Balaban J connectivity index is 1.74. The van der Waals surface area contributed by atoms with Gasteiger partial charge in [0.25, 0.3) is 0 Å². The van der Waals surface area contributed by atoms with E-state index in [2.05, 4.69) is 4.98 Å². The zero-order valence-corrected chi connectivity index (χ0v) is 13.1. The van der Waals surface area contributed by atoms with Crippen LogP contribution in [-0.2, 0) is 6.54 Å². The van der Waals surface area contributed by atoms with Crippen LogP contribution in [0.4, 0.5) is 4.39 Å². The number of ether oxygens (including phenoxy) is 1. The Hall–Kier alpha value is -3.41. The number of halogens is 1. The maximum absolute atomic E-state index is 13.6. The lowest BCUT2D eigenvalue weighted by atomic mass is 10.1. The summed E-state index contributed by atoms with van der Waals surface area (Å²) in [5.41, 5.74) is 0.550. The largest absolute Gasteiger partial charge is 0.418 e. The molecule has 0 fully saturated rings. The van der Waals surface area contributed by atoms with E-state index in [1.165, 1.54) is 35.2 Å². The van der Waals surface area contributed by atoms with Crippen LogP contribution in [-0.4, -0.2) is 16.7 Å². The van der Waals surface area contributed by atoms with Crippen LogP contribution in [0.3, 0.4) is 0 Å². The number of Topliss-reactive ketones (excluding diaryl/α,β-unsaturated/α-hetero) is 1. The average Bonchev–Trinajstić information content (AvgIpc) is 2.64. The third-order valence-electron chi connectivity index (χ3n) is 3.43. The topological polar surface area (TPSA) is 60.1 Å². The Kier molecular flexibility index (Phi) is 4.89. The summed E-state index contributed by atoms with van der Waals surface area (Å²) < 4.78 is 20.1. The molecule has 0 aliphatic heterocycles. The van der Waals surface area contributed by atoms with E-state index in [0.717, 1.165) is 0 Å². The maximum Gasteiger partial charge on any atom is 0.368 e. The number of nitrogens with zero attached hydrogens (tertiary/aromatic N) is 2. The van der Waals surface area contributed by atoms with Crippen molar-refractivity contribution in [2.45, 2.75) is 6.54 Å². The minimum absolute atomic E-state index is 0.0217. The van der Waals surface area contributed by atoms with Gasteiger partial charge in [-0.3, -0.25) is 4.79 Å². The summed E-state index contributed by atoms with van der Waals surface area (Å²) >= 11 is 0. The number of hydrogen-bond acceptors (Lipinski definition) is 4. The minimum atomic E-state index is -0.799. The number of benzene rings is 2. The van der Waals surface area contributed by atoms with Crippen LogP contribution in [0.25, 0.3) is 0 Å². The lowest BCUT2D eigenvalue weighted by molar-refractivity contribution is -0.683. The van der Waals surface area contributed by atoms with E-state index in [9.17, 15) is 14.0 Å². The van der Waals surface area contributed by atoms with Crippen LogP contribution in [0.15, 0.2) is 73.2 Å². The molecule has 0 amide bonds. The first-order valence-corrected chi connectivity index (χ1v) is 7.53. The van der Waals surface area contributed by atoms with Crippen LogP contribution in [0.2, 0.25) is 0 Å². The number of carbonyl (C=O) groups excluding carboxylic acids is 2. The zero-order valence-electron chi connectivity index (χ0n) is 13.1. The number of hydrogen-bond donors (Lipinski definition) is 0. The van der Waals surface area contributed by atoms with Crippen molar-refractivity contribution in [3.8, 4) is 5.75 Å². The summed E-state index contributed by atoms with van der Waals surface area (Å²) in [5.74, 6) is -1.72. The second-order valence-corrected chi connectivity index (χ2v) is 5.22. The molecule has 0 spiro atoms. The maximum atomic E-state index is 13.6. The van der Waals surface area contributed by atoms with Gasteiger partial charge in [-0.25, -0.2) is 14.2 Å². The molecule has 1 aromatic heterocycles. The summed E-state index contributed by atoms with van der Waals surface area (Å²) in [6, 6.07) is 14.4. The van der Waals surface area contributed by atoms with E-state index >= 15 is 0 Å². The van der Waals surface area contributed by atoms with E-state index in [1.807, 2.05) is 6.07 Å². The first kappa shape index (κ1) is 16.4. The fourth-order valence-corrected chi connectivity index (χ4v) is 2.20. The Bertz CT molecular complexity index is 913. The summed E-state index contributed by atoms with van der Waals surface area (Å²) in [5, 5.41) is 0. The highest BCUT2D eigenvalue weighted by molar-refractivity contribution is 5.95. The molecule has 6 heteroatoms. The van der Waals surface area contributed by atoms with Gasteiger partial charge in [-0.05, 0) is 12.1 Å². The predicted molar refractivity (Wildman–Crippen MR) is 86.6 cm³/mol. The van der Waals surface area contributed by atoms with Crippen LogP contribution in [0, 0.1) is 5.82 Å². The number of para-hydroxylation sites is 1. The van der Waals surface area contributed by atoms with Crippen molar-refractivity contribution in [1.82, 2.24) is 4.98 Å². The highest BCUT2D eigenvalue weighted by Crippen LogP contribution is 2.16. The van der Waals surface area contributed by atoms with Crippen molar-refractivity contribution >= 4 is 11.8 Å². The third-order valence-corrected chi connectivity index (χ3v) is 3.43. The average molecular weight is 337 g/mol. The molecule has 0 aliphatic rings. The van der Waals surface area contributed by atoms with Crippen molar-refractivity contribution in [3.63, 3.8) is 0 Å². The minimum Gasteiger partial charge on any atom is -0.418 e. The second kappa shape index (κ2) is 7.44. The molecule has 3 aromatic rings. The quantitative estimate of drug-likeness (QED) is 0.311. The highest BCUT2D eigenvalue weighted by atomic mass is 19.1. The third kappa shape index (κ3) is 4.11. The molecule has 0 saturated heterocycles. The first-order chi connectivity index (χ1) is 12.1. The number of ketones is 1.